The van der Waals surface area contributed by atoms with Gasteiger partial charge in [0, 0.05) is 25.0 Å². The fourth-order valence-corrected chi connectivity index (χ4v) is 2.52. The summed E-state index contributed by atoms with van der Waals surface area (Å²) in [7, 11) is 0. The van der Waals surface area contributed by atoms with Gasteiger partial charge < -0.3 is 15.0 Å². The highest BCUT2D eigenvalue weighted by atomic mass is 16.4. The van der Waals surface area contributed by atoms with Crippen LogP contribution in [0.1, 0.15) is 38.6 Å². The number of carbonyl (C=O) groups excluding carboxylic acids is 1. The molecule has 2 heterocycles. The number of H-pyrrole nitrogens is 1. The molecule has 7 heteroatoms. The molecule has 0 fully saturated rings. The molecule has 0 saturated heterocycles. The molecule has 1 unspecified atom stereocenters. The summed E-state index contributed by atoms with van der Waals surface area (Å²) in [6.07, 6.45) is 2.10. The van der Waals surface area contributed by atoms with E-state index in [0.29, 0.717) is 13.0 Å². The molecule has 0 aliphatic carbocycles. The minimum Gasteiger partial charge on any atom is -0.481 e. The van der Waals surface area contributed by atoms with Crippen molar-refractivity contribution in [2.75, 3.05) is 6.54 Å². The molecule has 3 N–H and O–H groups in total. The molecule has 1 aromatic heterocycles. The van der Waals surface area contributed by atoms with Gasteiger partial charge in [-0.05, 0) is 20.8 Å². The molecule has 7 nitrogen and oxygen atoms in total. The lowest BCUT2D eigenvalue weighted by Gasteiger charge is -2.38. The number of carbonyl (C=O) groups is 2. The van der Waals surface area contributed by atoms with E-state index < -0.39 is 11.5 Å². The van der Waals surface area contributed by atoms with Gasteiger partial charge in [-0.2, -0.15) is 0 Å². The number of carboxylic acids is 1. The molecule has 1 aliphatic heterocycles. The lowest BCUT2D eigenvalue weighted by molar-refractivity contribution is -0.142. The van der Waals surface area contributed by atoms with Crippen molar-refractivity contribution in [2.24, 2.45) is 0 Å². The van der Waals surface area contributed by atoms with Crippen LogP contribution in [0.2, 0.25) is 0 Å². The standard InChI is InChI=1S/C14H22N4O3/c1-14(2,3)18(5-4-12(19)20)13(21)10-6-9-11(7-15-10)17-8-16-9/h8,10,15H,4-7H2,1-3H3,(H,16,17)(H,19,20). The fraction of sp³-hybridized carbons (Fsp3) is 0.643. The second-order valence-electron chi connectivity index (χ2n) is 6.27. The van der Waals surface area contributed by atoms with Gasteiger partial charge in [-0.15, -0.1) is 0 Å². The number of nitrogens with zero attached hydrogens (tertiary/aromatic N) is 2. The van der Waals surface area contributed by atoms with Crippen molar-refractivity contribution in [3.8, 4) is 0 Å². The number of amides is 1. The van der Waals surface area contributed by atoms with Crippen LogP contribution in [0, 0.1) is 0 Å². The predicted molar refractivity (Wildman–Crippen MR) is 76.6 cm³/mol. The van der Waals surface area contributed by atoms with Crippen molar-refractivity contribution in [3.63, 3.8) is 0 Å². The lowest BCUT2D eigenvalue weighted by Crippen LogP contribution is -2.55. The Morgan fingerprint density at radius 3 is 2.81 bits per heavy atom. The fourth-order valence-electron chi connectivity index (χ4n) is 2.52. The molecular weight excluding hydrogens is 272 g/mol. The third-order valence-electron chi connectivity index (χ3n) is 3.65. The van der Waals surface area contributed by atoms with E-state index in [2.05, 4.69) is 15.3 Å². The van der Waals surface area contributed by atoms with E-state index in [4.69, 9.17) is 5.11 Å². The first-order chi connectivity index (χ1) is 9.79. The zero-order valence-electron chi connectivity index (χ0n) is 12.6. The average Bonchev–Trinajstić information content (AvgIpc) is 2.83. The summed E-state index contributed by atoms with van der Waals surface area (Å²) in [6.45, 7) is 6.52. The smallest absolute Gasteiger partial charge is 0.305 e. The number of imidazole rings is 1. The van der Waals surface area contributed by atoms with E-state index in [1.54, 1.807) is 11.2 Å². The molecule has 0 saturated carbocycles. The van der Waals surface area contributed by atoms with E-state index in [1.807, 2.05) is 20.8 Å². The molecule has 1 atom stereocenters. The van der Waals surface area contributed by atoms with Crippen LogP contribution in [0.3, 0.4) is 0 Å². The second-order valence-corrected chi connectivity index (χ2v) is 6.27. The molecule has 0 radical (unpaired) electrons. The first-order valence-electron chi connectivity index (χ1n) is 7.07. The SMILES string of the molecule is CC(C)(C)N(CCC(=O)O)C(=O)C1Cc2nc[nH]c2CN1. The molecule has 1 aliphatic rings. The number of aromatic amines is 1. The van der Waals surface area contributed by atoms with Gasteiger partial charge in [-0.1, -0.05) is 0 Å². The summed E-state index contributed by atoms with van der Waals surface area (Å²) in [5.74, 6) is -0.972. The zero-order valence-corrected chi connectivity index (χ0v) is 12.6. The molecule has 1 amide bonds. The van der Waals surface area contributed by atoms with E-state index in [-0.39, 0.29) is 24.9 Å². The van der Waals surface area contributed by atoms with E-state index >= 15 is 0 Å². The molecule has 0 spiro atoms. The van der Waals surface area contributed by atoms with Gasteiger partial charge in [0.15, 0.2) is 0 Å². The Labute approximate surface area is 123 Å². The van der Waals surface area contributed by atoms with Crippen LogP contribution in [-0.4, -0.2) is 50.0 Å². The number of fused-ring (bicyclic) bond motifs is 1. The minimum atomic E-state index is -0.900. The first kappa shape index (κ1) is 15.5. The number of rotatable bonds is 4. The topological polar surface area (TPSA) is 98.3 Å². The maximum Gasteiger partial charge on any atom is 0.305 e. The van der Waals surface area contributed by atoms with Crippen molar-refractivity contribution >= 4 is 11.9 Å². The van der Waals surface area contributed by atoms with Crippen LogP contribution in [0.4, 0.5) is 0 Å². The van der Waals surface area contributed by atoms with E-state index in [0.717, 1.165) is 11.4 Å². The van der Waals surface area contributed by atoms with Crippen molar-refractivity contribution in [2.45, 2.75) is 51.7 Å². The molecule has 1 aromatic rings. The van der Waals surface area contributed by atoms with Gasteiger partial charge in [0.2, 0.25) is 5.91 Å². The molecule has 116 valence electrons. The Morgan fingerprint density at radius 2 is 2.19 bits per heavy atom. The maximum atomic E-state index is 12.7. The van der Waals surface area contributed by atoms with Crippen molar-refractivity contribution in [1.29, 1.82) is 0 Å². The summed E-state index contributed by atoms with van der Waals surface area (Å²) in [5, 5.41) is 12.0. The summed E-state index contributed by atoms with van der Waals surface area (Å²) in [4.78, 5) is 32.4. The number of aromatic nitrogens is 2. The van der Waals surface area contributed by atoms with Gasteiger partial charge in [0.25, 0.3) is 0 Å². The van der Waals surface area contributed by atoms with Crippen LogP contribution >= 0.6 is 0 Å². The van der Waals surface area contributed by atoms with E-state index in [9.17, 15) is 9.59 Å². The van der Waals surface area contributed by atoms with Crippen LogP contribution in [0.5, 0.6) is 0 Å². The van der Waals surface area contributed by atoms with Crippen molar-refractivity contribution in [3.05, 3.63) is 17.7 Å². The number of hydrogen-bond donors (Lipinski definition) is 3. The summed E-state index contributed by atoms with van der Waals surface area (Å²) >= 11 is 0. The second kappa shape index (κ2) is 5.85. The number of carboxylic acid groups (broad SMARTS) is 1. The van der Waals surface area contributed by atoms with Gasteiger partial charge in [-0.25, -0.2) is 4.98 Å². The largest absolute Gasteiger partial charge is 0.481 e. The summed E-state index contributed by atoms with van der Waals surface area (Å²) in [5.41, 5.74) is 1.49. The normalized spacial score (nSPS) is 18.1. The highest BCUT2D eigenvalue weighted by Gasteiger charge is 2.34. The number of nitrogens with one attached hydrogen (secondary N) is 2. The van der Waals surface area contributed by atoms with Crippen LogP contribution in [0.15, 0.2) is 6.33 Å². The van der Waals surface area contributed by atoms with Gasteiger partial charge in [-0.3, -0.25) is 14.9 Å². The molecule has 0 bridgehead atoms. The highest BCUT2D eigenvalue weighted by Crippen LogP contribution is 2.19. The minimum absolute atomic E-state index is 0.0522. The maximum absolute atomic E-state index is 12.7. The molecule has 0 aromatic carbocycles. The quantitative estimate of drug-likeness (QED) is 0.752. The Kier molecular flexibility index (Phi) is 4.32. The van der Waals surface area contributed by atoms with Crippen molar-refractivity contribution < 1.29 is 14.7 Å². The van der Waals surface area contributed by atoms with Gasteiger partial charge in [0.05, 0.1) is 30.2 Å². The molecular formula is C14H22N4O3. The van der Waals surface area contributed by atoms with Gasteiger partial charge >= 0.3 is 5.97 Å². The third kappa shape index (κ3) is 3.60. The Hall–Kier alpha value is -1.89. The third-order valence-corrected chi connectivity index (χ3v) is 3.65. The van der Waals surface area contributed by atoms with Crippen molar-refractivity contribution in [1.82, 2.24) is 20.2 Å². The van der Waals surface area contributed by atoms with Crippen LogP contribution in [-0.2, 0) is 22.6 Å². The summed E-state index contributed by atoms with van der Waals surface area (Å²) in [6, 6.07) is -0.353. The number of aliphatic carboxylic acids is 1. The van der Waals surface area contributed by atoms with E-state index in [1.165, 1.54) is 0 Å². The average molecular weight is 294 g/mol. The predicted octanol–water partition coefficient (Wildman–Crippen LogP) is 0.526. The molecule has 2 rings (SSSR count). The Bertz CT molecular complexity index is 533. The zero-order chi connectivity index (χ0) is 15.6. The molecule has 21 heavy (non-hydrogen) atoms. The van der Waals surface area contributed by atoms with Crippen LogP contribution < -0.4 is 5.32 Å². The summed E-state index contributed by atoms with van der Waals surface area (Å²) < 4.78 is 0. The Morgan fingerprint density at radius 1 is 1.48 bits per heavy atom. The number of hydrogen-bond acceptors (Lipinski definition) is 4. The first-order valence-corrected chi connectivity index (χ1v) is 7.07. The lowest BCUT2D eigenvalue weighted by atomic mass is 9.99. The Balaban J connectivity index is 2.10. The monoisotopic (exact) mass is 294 g/mol. The highest BCUT2D eigenvalue weighted by molar-refractivity contribution is 5.83. The van der Waals surface area contributed by atoms with Gasteiger partial charge in [0.1, 0.15) is 0 Å². The van der Waals surface area contributed by atoms with Crippen LogP contribution in [0.25, 0.3) is 0 Å².